The zero-order chi connectivity index (χ0) is 18.6. The van der Waals surface area contributed by atoms with E-state index in [1.807, 2.05) is 12.1 Å². The highest BCUT2D eigenvalue weighted by molar-refractivity contribution is 5.54. The molecule has 0 radical (unpaired) electrons. The Bertz CT molecular complexity index is 835. The Morgan fingerprint density at radius 2 is 1.19 bits per heavy atom. The molecule has 0 fully saturated rings. The van der Waals surface area contributed by atoms with Crippen molar-refractivity contribution < 1.29 is 18.3 Å². The summed E-state index contributed by atoms with van der Waals surface area (Å²) in [5.74, 6) is 0. The van der Waals surface area contributed by atoms with Crippen LogP contribution in [0.15, 0.2) is 84.9 Å². The molecular formula is C21H18F3NO. The third-order valence-electron chi connectivity index (χ3n) is 4.16. The van der Waals surface area contributed by atoms with Crippen LogP contribution in [0, 0.1) is 0 Å². The largest absolute Gasteiger partial charge is 0.418 e. The first-order chi connectivity index (χ1) is 12.5. The molecule has 0 heterocycles. The molecule has 0 saturated carbocycles. The Morgan fingerprint density at radius 1 is 0.692 bits per heavy atom. The summed E-state index contributed by atoms with van der Waals surface area (Å²) >= 11 is 0. The smallest absolute Gasteiger partial charge is 0.386 e. The Balaban J connectivity index is 2.01. The van der Waals surface area contributed by atoms with Crippen molar-refractivity contribution in [3.8, 4) is 0 Å². The predicted molar refractivity (Wildman–Crippen MR) is 95.7 cm³/mol. The number of aliphatic hydroxyl groups excluding tert-OH is 1. The Hall–Kier alpha value is -2.79. The van der Waals surface area contributed by atoms with E-state index >= 15 is 0 Å². The molecule has 3 rings (SSSR count). The molecule has 0 unspecified atom stereocenters. The average molecular weight is 357 g/mol. The first-order valence-corrected chi connectivity index (χ1v) is 8.17. The van der Waals surface area contributed by atoms with E-state index in [2.05, 4.69) is 5.32 Å². The van der Waals surface area contributed by atoms with Gasteiger partial charge in [0.1, 0.15) is 6.10 Å². The molecule has 0 aliphatic heterocycles. The quantitative estimate of drug-likeness (QED) is 0.624. The van der Waals surface area contributed by atoms with Gasteiger partial charge in [0.05, 0.1) is 11.6 Å². The van der Waals surface area contributed by atoms with E-state index < -0.39 is 23.9 Å². The molecule has 2 N–H and O–H groups in total. The molecule has 5 heteroatoms. The monoisotopic (exact) mass is 357 g/mol. The van der Waals surface area contributed by atoms with Crippen molar-refractivity contribution >= 4 is 5.69 Å². The number of nitrogens with one attached hydrogen (secondary N) is 1. The lowest BCUT2D eigenvalue weighted by molar-refractivity contribution is -0.137. The van der Waals surface area contributed by atoms with Gasteiger partial charge in [-0.1, -0.05) is 72.8 Å². The van der Waals surface area contributed by atoms with E-state index in [1.54, 1.807) is 48.5 Å². The molecule has 0 spiro atoms. The summed E-state index contributed by atoms with van der Waals surface area (Å²) in [5, 5.41) is 13.7. The lowest BCUT2D eigenvalue weighted by atomic mass is 9.95. The van der Waals surface area contributed by atoms with Gasteiger partial charge >= 0.3 is 6.18 Å². The van der Waals surface area contributed by atoms with E-state index in [-0.39, 0.29) is 5.69 Å². The minimum absolute atomic E-state index is 0.0659. The maximum Gasteiger partial charge on any atom is 0.418 e. The van der Waals surface area contributed by atoms with E-state index in [4.69, 9.17) is 0 Å². The van der Waals surface area contributed by atoms with E-state index in [9.17, 15) is 18.3 Å². The molecule has 2 atom stereocenters. The summed E-state index contributed by atoms with van der Waals surface area (Å²) in [6, 6.07) is 22.4. The minimum atomic E-state index is -4.48. The van der Waals surface area contributed by atoms with Crippen molar-refractivity contribution in [3.05, 3.63) is 102 Å². The van der Waals surface area contributed by atoms with Gasteiger partial charge in [-0.15, -0.1) is 0 Å². The summed E-state index contributed by atoms with van der Waals surface area (Å²) in [6.07, 6.45) is -5.50. The van der Waals surface area contributed by atoms with Crippen molar-refractivity contribution in [1.82, 2.24) is 0 Å². The van der Waals surface area contributed by atoms with Gasteiger partial charge in [0.25, 0.3) is 0 Å². The van der Waals surface area contributed by atoms with E-state index in [0.29, 0.717) is 11.1 Å². The molecule has 2 nitrogen and oxygen atoms in total. The summed E-state index contributed by atoms with van der Waals surface area (Å²) in [5.41, 5.74) is 0.490. The van der Waals surface area contributed by atoms with Crippen molar-refractivity contribution in [2.75, 3.05) is 5.32 Å². The van der Waals surface area contributed by atoms with Gasteiger partial charge in [-0.2, -0.15) is 13.2 Å². The third-order valence-corrected chi connectivity index (χ3v) is 4.16. The minimum Gasteiger partial charge on any atom is -0.386 e. The number of halogens is 3. The highest BCUT2D eigenvalue weighted by Gasteiger charge is 2.34. The highest BCUT2D eigenvalue weighted by atomic mass is 19.4. The summed E-state index contributed by atoms with van der Waals surface area (Å²) in [7, 11) is 0. The van der Waals surface area contributed by atoms with Crippen LogP contribution in [0.4, 0.5) is 18.9 Å². The van der Waals surface area contributed by atoms with E-state index in [1.165, 1.54) is 18.2 Å². The highest BCUT2D eigenvalue weighted by Crippen LogP contribution is 2.38. The lowest BCUT2D eigenvalue weighted by Crippen LogP contribution is -2.21. The number of rotatable bonds is 5. The van der Waals surface area contributed by atoms with Crippen molar-refractivity contribution in [3.63, 3.8) is 0 Å². The summed E-state index contributed by atoms with van der Waals surface area (Å²) in [4.78, 5) is 0. The fourth-order valence-corrected chi connectivity index (χ4v) is 2.87. The fourth-order valence-electron chi connectivity index (χ4n) is 2.87. The zero-order valence-corrected chi connectivity index (χ0v) is 13.8. The van der Waals surface area contributed by atoms with Crippen LogP contribution in [-0.2, 0) is 6.18 Å². The van der Waals surface area contributed by atoms with Crippen molar-refractivity contribution in [2.24, 2.45) is 0 Å². The van der Waals surface area contributed by atoms with Gasteiger partial charge in [0.15, 0.2) is 0 Å². The summed E-state index contributed by atoms with van der Waals surface area (Å²) < 4.78 is 40.0. The zero-order valence-electron chi connectivity index (χ0n) is 13.8. The van der Waals surface area contributed by atoms with Crippen LogP contribution < -0.4 is 5.32 Å². The van der Waals surface area contributed by atoms with Gasteiger partial charge < -0.3 is 10.4 Å². The molecule has 0 amide bonds. The van der Waals surface area contributed by atoms with Crippen molar-refractivity contribution in [1.29, 1.82) is 0 Å². The maximum atomic E-state index is 13.3. The first-order valence-electron chi connectivity index (χ1n) is 8.17. The number of alkyl halides is 3. The molecule has 0 aromatic heterocycles. The maximum absolute atomic E-state index is 13.3. The fraction of sp³-hybridized carbons (Fsp3) is 0.143. The number of para-hydroxylation sites is 1. The number of hydrogen-bond acceptors (Lipinski definition) is 2. The molecule has 0 aliphatic carbocycles. The Morgan fingerprint density at radius 3 is 1.77 bits per heavy atom. The topological polar surface area (TPSA) is 32.3 Å². The van der Waals surface area contributed by atoms with Gasteiger partial charge in [-0.25, -0.2) is 0 Å². The number of benzene rings is 3. The SMILES string of the molecule is O[C@H](c1ccccc1)[C@H](Nc1ccccc1C(F)(F)F)c1ccccc1. The predicted octanol–water partition coefficient (Wildman–Crippen LogP) is 5.59. The standard InChI is InChI=1S/C21H18F3NO/c22-21(23,24)17-13-7-8-14-18(17)25-19(15-9-3-1-4-10-15)20(26)16-11-5-2-6-12-16/h1-14,19-20,25-26H/t19-,20-/m1/s1. The van der Waals surface area contributed by atoms with Gasteiger partial charge in [0, 0.05) is 5.69 Å². The van der Waals surface area contributed by atoms with Crippen LogP contribution in [0.1, 0.15) is 28.8 Å². The lowest BCUT2D eigenvalue weighted by Gasteiger charge is -2.27. The Labute approximate surface area is 149 Å². The van der Waals surface area contributed by atoms with E-state index in [0.717, 1.165) is 6.07 Å². The number of aliphatic hydroxyl groups is 1. The second-order valence-electron chi connectivity index (χ2n) is 5.93. The normalized spacial score (nSPS) is 13.8. The average Bonchev–Trinajstić information content (AvgIpc) is 2.66. The van der Waals surface area contributed by atoms with Crippen LogP contribution >= 0.6 is 0 Å². The molecular weight excluding hydrogens is 339 g/mol. The molecule has 3 aromatic rings. The van der Waals surface area contributed by atoms with Crippen molar-refractivity contribution in [2.45, 2.75) is 18.3 Å². The second kappa shape index (κ2) is 7.62. The first kappa shape index (κ1) is 18.0. The summed E-state index contributed by atoms with van der Waals surface area (Å²) in [6.45, 7) is 0. The van der Waals surface area contributed by atoms with Crippen LogP contribution in [0.2, 0.25) is 0 Å². The Kier molecular flexibility index (Phi) is 5.28. The van der Waals surface area contributed by atoms with Crippen LogP contribution in [-0.4, -0.2) is 5.11 Å². The molecule has 26 heavy (non-hydrogen) atoms. The third kappa shape index (κ3) is 4.06. The van der Waals surface area contributed by atoms with Crippen LogP contribution in [0.3, 0.4) is 0 Å². The van der Waals surface area contributed by atoms with Gasteiger partial charge in [0.2, 0.25) is 0 Å². The van der Waals surface area contributed by atoms with Crippen LogP contribution in [0.25, 0.3) is 0 Å². The molecule has 0 bridgehead atoms. The number of anilines is 1. The molecule has 134 valence electrons. The van der Waals surface area contributed by atoms with Crippen LogP contribution in [0.5, 0.6) is 0 Å². The molecule has 3 aromatic carbocycles. The second-order valence-corrected chi connectivity index (χ2v) is 5.93. The van der Waals surface area contributed by atoms with Gasteiger partial charge in [-0.3, -0.25) is 0 Å². The van der Waals surface area contributed by atoms with Gasteiger partial charge in [-0.05, 0) is 23.3 Å². The molecule has 0 aliphatic rings. The number of hydrogen-bond donors (Lipinski definition) is 2. The molecule has 0 saturated heterocycles.